The standard InChI is InChI=1S/C21H16/c1-15-6-2-4-8-19(15)18-13-12-17-11-10-16-7-3-5-9-20(16)21(17)14-18/h2-14H,1H3. The van der Waals surface area contributed by atoms with Crippen molar-refractivity contribution in [3.05, 3.63) is 84.4 Å². The van der Waals surface area contributed by atoms with E-state index in [9.17, 15) is 0 Å². The van der Waals surface area contributed by atoms with Crippen LogP contribution >= 0.6 is 0 Å². The fourth-order valence-corrected chi connectivity index (χ4v) is 3.07. The van der Waals surface area contributed by atoms with E-state index in [1.54, 1.807) is 0 Å². The molecule has 0 saturated heterocycles. The zero-order valence-electron chi connectivity index (χ0n) is 12.0. The second-order valence-corrected chi connectivity index (χ2v) is 5.54. The summed E-state index contributed by atoms with van der Waals surface area (Å²) >= 11 is 0. The van der Waals surface area contributed by atoms with E-state index in [-0.39, 0.29) is 0 Å². The molecule has 0 aliphatic heterocycles. The second kappa shape index (κ2) is 4.75. The number of benzene rings is 4. The van der Waals surface area contributed by atoms with Crippen LogP contribution in [0.3, 0.4) is 0 Å². The molecule has 0 bridgehead atoms. The summed E-state index contributed by atoms with van der Waals surface area (Å²) in [7, 11) is 0. The maximum atomic E-state index is 2.32. The summed E-state index contributed by atoms with van der Waals surface area (Å²) in [4.78, 5) is 0. The van der Waals surface area contributed by atoms with Crippen LogP contribution in [0.4, 0.5) is 0 Å². The van der Waals surface area contributed by atoms with E-state index in [0.29, 0.717) is 0 Å². The molecule has 0 heteroatoms. The van der Waals surface area contributed by atoms with Crippen molar-refractivity contribution in [2.45, 2.75) is 6.92 Å². The van der Waals surface area contributed by atoms with E-state index >= 15 is 0 Å². The van der Waals surface area contributed by atoms with Gasteiger partial charge in [0.25, 0.3) is 0 Å². The minimum atomic E-state index is 1.29. The number of hydrogen-bond donors (Lipinski definition) is 0. The van der Waals surface area contributed by atoms with Crippen LogP contribution in [0.15, 0.2) is 78.9 Å². The second-order valence-electron chi connectivity index (χ2n) is 5.54. The number of fused-ring (bicyclic) bond motifs is 3. The lowest BCUT2D eigenvalue weighted by molar-refractivity contribution is 1.46. The molecule has 4 aromatic carbocycles. The van der Waals surface area contributed by atoms with Crippen molar-refractivity contribution >= 4 is 21.5 Å². The zero-order chi connectivity index (χ0) is 14.2. The molecule has 4 rings (SSSR count). The fraction of sp³-hybridized carbons (Fsp3) is 0.0476. The van der Waals surface area contributed by atoms with Gasteiger partial charge in [-0.1, -0.05) is 72.8 Å². The Hall–Kier alpha value is -2.60. The zero-order valence-corrected chi connectivity index (χ0v) is 12.0. The molecule has 0 fully saturated rings. The monoisotopic (exact) mass is 268 g/mol. The van der Waals surface area contributed by atoms with E-state index in [2.05, 4.69) is 85.8 Å². The molecule has 0 heterocycles. The molecule has 0 unspecified atom stereocenters. The maximum Gasteiger partial charge on any atom is -0.00992 e. The first-order chi connectivity index (χ1) is 10.3. The lowest BCUT2D eigenvalue weighted by atomic mass is 9.95. The smallest absolute Gasteiger partial charge is 0.00992 e. The fourth-order valence-electron chi connectivity index (χ4n) is 3.07. The lowest BCUT2D eigenvalue weighted by Gasteiger charge is -2.09. The summed E-state index contributed by atoms with van der Waals surface area (Å²) in [5.41, 5.74) is 3.92. The molecule has 0 saturated carbocycles. The first kappa shape index (κ1) is 12.2. The van der Waals surface area contributed by atoms with Crippen molar-refractivity contribution in [1.82, 2.24) is 0 Å². The van der Waals surface area contributed by atoms with Crippen LogP contribution in [0, 0.1) is 6.92 Å². The Kier molecular flexibility index (Phi) is 2.75. The Morgan fingerprint density at radius 3 is 2.10 bits per heavy atom. The van der Waals surface area contributed by atoms with Gasteiger partial charge < -0.3 is 0 Å². The molecule has 21 heavy (non-hydrogen) atoms. The van der Waals surface area contributed by atoms with Gasteiger partial charge in [0.15, 0.2) is 0 Å². The average Bonchev–Trinajstić information content (AvgIpc) is 2.55. The Bertz CT molecular complexity index is 948. The highest BCUT2D eigenvalue weighted by molar-refractivity contribution is 6.08. The summed E-state index contributed by atoms with van der Waals surface area (Å²) in [6.45, 7) is 2.17. The highest BCUT2D eigenvalue weighted by atomic mass is 14.1. The summed E-state index contributed by atoms with van der Waals surface area (Å²) in [6, 6.07) is 28.3. The minimum absolute atomic E-state index is 1.29. The van der Waals surface area contributed by atoms with Crippen molar-refractivity contribution < 1.29 is 0 Å². The van der Waals surface area contributed by atoms with E-state index in [0.717, 1.165) is 0 Å². The van der Waals surface area contributed by atoms with Crippen molar-refractivity contribution in [2.75, 3.05) is 0 Å². The van der Waals surface area contributed by atoms with E-state index in [1.807, 2.05) is 0 Å². The van der Waals surface area contributed by atoms with Crippen molar-refractivity contribution in [3.63, 3.8) is 0 Å². The number of hydrogen-bond acceptors (Lipinski definition) is 0. The summed E-state index contributed by atoms with van der Waals surface area (Å²) in [5.74, 6) is 0. The predicted molar refractivity (Wildman–Crippen MR) is 91.6 cm³/mol. The predicted octanol–water partition coefficient (Wildman–Crippen LogP) is 5.97. The van der Waals surface area contributed by atoms with Crippen LogP contribution in [0.2, 0.25) is 0 Å². The molecule has 0 N–H and O–H groups in total. The van der Waals surface area contributed by atoms with Gasteiger partial charge in [-0.15, -0.1) is 0 Å². The Balaban J connectivity index is 2.05. The molecule has 0 aliphatic carbocycles. The van der Waals surface area contributed by atoms with Gasteiger partial charge >= 0.3 is 0 Å². The first-order valence-corrected chi connectivity index (χ1v) is 7.30. The molecular weight excluding hydrogens is 252 g/mol. The van der Waals surface area contributed by atoms with Gasteiger partial charge in [-0.05, 0) is 51.2 Å². The van der Waals surface area contributed by atoms with Gasteiger partial charge in [-0.25, -0.2) is 0 Å². The van der Waals surface area contributed by atoms with Crippen molar-refractivity contribution in [3.8, 4) is 11.1 Å². The maximum absolute atomic E-state index is 2.32. The highest BCUT2D eigenvalue weighted by Crippen LogP contribution is 2.31. The minimum Gasteiger partial charge on any atom is -0.0620 e. The molecule has 0 nitrogen and oxygen atoms in total. The summed E-state index contributed by atoms with van der Waals surface area (Å²) < 4.78 is 0. The van der Waals surface area contributed by atoms with Gasteiger partial charge in [-0.3, -0.25) is 0 Å². The van der Waals surface area contributed by atoms with Crippen LogP contribution < -0.4 is 0 Å². The Morgan fingerprint density at radius 2 is 1.24 bits per heavy atom. The third kappa shape index (κ3) is 2.00. The molecule has 0 radical (unpaired) electrons. The van der Waals surface area contributed by atoms with Crippen LogP contribution in [0.1, 0.15) is 5.56 Å². The highest BCUT2D eigenvalue weighted by Gasteiger charge is 2.04. The molecule has 0 aromatic heterocycles. The van der Waals surface area contributed by atoms with E-state index < -0.39 is 0 Å². The van der Waals surface area contributed by atoms with Gasteiger partial charge in [0.05, 0.1) is 0 Å². The van der Waals surface area contributed by atoms with Gasteiger partial charge in [0.1, 0.15) is 0 Å². The molecule has 100 valence electrons. The topological polar surface area (TPSA) is 0 Å². The molecule has 0 atom stereocenters. The lowest BCUT2D eigenvalue weighted by Crippen LogP contribution is -1.84. The molecule has 4 aromatic rings. The van der Waals surface area contributed by atoms with Crippen molar-refractivity contribution in [2.24, 2.45) is 0 Å². The summed E-state index contributed by atoms with van der Waals surface area (Å²) in [6.07, 6.45) is 0. The Morgan fingerprint density at radius 1 is 0.571 bits per heavy atom. The van der Waals surface area contributed by atoms with E-state index in [4.69, 9.17) is 0 Å². The molecular formula is C21H16. The van der Waals surface area contributed by atoms with Crippen LogP contribution in [-0.2, 0) is 0 Å². The van der Waals surface area contributed by atoms with Crippen LogP contribution in [-0.4, -0.2) is 0 Å². The molecule has 0 aliphatic rings. The quantitative estimate of drug-likeness (QED) is 0.373. The number of rotatable bonds is 1. The van der Waals surface area contributed by atoms with Gasteiger partial charge in [0, 0.05) is 0 Å². The molecule has 0 amide bonds. The first-order valence-electron chi connectivity index (χ1n) is 7.30. The normalized spacial score (nSPS) is 11.1. The van der Waals surface area contributed by atoms with Crippen molar-refractivity contribution in [1.29, 1.82) is 0 Å². The molecule has 0 spiro atoms. The average molecular weight is 268 g/mol. The van der Waals surface area contributed by atoms with Gasteiger partial charge in [0.2, 0.25) is 0 Å². The number of aryl methyl sites for hydroxylation is 1. The third-order valence-corrected chi connectivity index (χ3v) is 4.20. The van der Waals surface area contributed by atoms with Crippen LogP contribution in [0.5, 0.6) is 0 Å². The summed E-state index contributed by atoms with van der Waals surface area (Å²) in [5, 5.41) is 5.25. The van der Waals surface area contributed by atoms with Crippen LogP contribution in [0.25, 0.3) is 32.7 Å². The third-order valence-electron chi connectivity index (χ3n) is 4.20. The van der Waals surface area contributed by atoms with E-state index in [1.165, 1.54) is 38.2 Å². The SMILES string of the molecule is Cc1ccccc1-c1ccc2ccc3ccccc3c2c1. The largest absolute Gasteiger partial charge is 0.0620 e. The Labute approximate surface area is 124 Å². The van der Waals surface area contributed by atoms with Gasteiger partial charge in [-0.2, -0.15) is 0 Å².